The number of nitrogens with zero attached hydrogens (tertiary/aromatic N) is 2. The predicted molar refractivity (Wildman–Crippen MR) is 85.1 cm³/mol. The van der Waals surface area contributed by atoms with Crippen LogP contribution in [0.2, 0.25) is 0 Å². The highest BCUT2D eigenvalue weighted by atomic mass is 32.2. The van der Waals surface area contributed by atoms with Gasteiger partial charge in [0.25, 0.3) is 5.89 Å². The summed E-state index contributed by atoms with van der Waals surface area (Å²) in [6, 6.07) is 8.25. The highest BCUT2D eigenvalue weighted by Crippen LogP contribution is 2.35. The number of hydrogen-bond acceptors (Lipinski definition) is 5. The number of nitrogens with two attached hydrogens (primary N) is 1. The normalized spacial score (nSPS) is 17.5. The molecule has 1 saturated carbocycles. The van der Waals surface area contributed by atoms with E-state index in [-0.39, 0.29) is 0 Å². The third-order valence-electron chi connectivity index (χ3n) is 3.84. The summed E-state index contributed by atoms with van der Waals surface area (Å²) in [4.78, 5) is 5.76. The molecular formula is C16H21N3OS. The number of aromatic nitrogens is 2. The summed E-state index contributed by atoms with van der Waals surface area (Å²) in [5.41, 5.74) is 6.92. The second-order valence-electron chi connectivity index (χ2n) is 5.98. The molecule has 0 amide bonds. The largest absolute Gasteiger partial charge is 0.334 e. The number of rotatable bonds is 4. The van der Waals surface area contributed by atoms with Gasteiger partial charge in [-0.15, -0.1) is 11.8 Å². The van der Waals surface area contributed by atoms with Crippen LogP contribution in [0.4, 0.5) is 0 Å². The van der Waals surface area contributed by atoms with E-state index in [0.717, 1.165) is 31.2 Å². The first-order chi connectivity index (χ1) is 10.1. The summed E-state index contributed by atoms with van der Waals surface area (Å²) in [7, 11) is 0. The minimum atomic E-state index is -0.394. The maximum absolute atomic E-state index is 6.36. The van der Waals surface area contributed by atoms with Crippen LogP contribution in [0, 0.1) is 0 Å². The van der Waals surface area contributed by atoms with Gasteiger partial charge in [-0.1, -0.05) is 31.8 Å². The molecule has 4 nitrogen and oxygen atoms in total. The van der Waals surface area contributed by atoms with Gasteiger partial charge in [0.05, 0.1) is 5.54 Å². The van der Waals surface area contributed by atoms with Crippen molar-refractivity contribution in [3.8, 4) is 11.5 Å². The molecule has 1 aromatic carbocycles. The summed E-state index contributed by atoms with van der Waals surface area (Å²) >= 11 is 1.84. The van der Waals surface area contributed by atoms with Crippen LogP contribution in [-0.2, 0) is 5.54 Å². The first-order valence-electron chi connectivity index (χ1n) is 7.47. The van der Waals surface area contributed by atoms with Gasteiger partial charge in [0.1, 0.15) is 0 Å². The molecule has 1 heterocycles. The van der Waals surface area contributed by atoms with Crippen molar-refractivity contribution >= 4 is 11.8 Å². The molecule has 0 spiro atoms. The highest BCUT2D eigenvalue weighted by molar-refractivity contribution is 7.99. The monoisotopic (exact) mass is 303 g/mol. The average molecular weight is 303 g/mol. The number of hydrogen-bond donors (Lipinski definition) is 1. The Morgan fingerprint density at radius 1 is 1.19 bits per heavy atom. The second-order valence-corrected chi connectivity index (χ2v) is 7.63. The molecule has 1 aromatic heterocycles. The molecule has 2 aromatic rings. The van der Waals surface area contributed by atoms with Crippen molar-refractivity contribution in [1.82, 2.24) is 10.1 Å². The van der Waals surface area contributed by atoms with Gasteiger partial charge in [0, 0.05) is 15.7 Å². The van der Waals surface area contributed by atoms with Crippen LogP contribution < -0.4 is 5.73 Å². The summed E-state index contributed by atoms with van der Waals surface area (Å²) in [5, 5.41) is 4.68. The van der Waals surface area contributed by atoms with Crippen LogP contribution in [-0.4, -0.2) is 15.4 Å². The fourth-order valence-electron chi connectivity index (χ4n) is 2.72. The SMILES string of the molecule is CC(C)Sc1ccc(-c2nc(C3(N)CCCC3)no2)cc1. The molecule has 5 heteroatoms. The molecule has 0 atom stereocenters. The molecule has 21 heavy (non-hydrogen) atoms. The van der Waals surface area contributed by atoms with Crippen molar-refractivity contribution in [2.75, 3.05) is 0 Å². The standard InChI is InChI=1S/C16H21N3OS/c1-11(2)21-13-7-5-12(6-8-13)14-18-15(19-20-14)16(17)9-3-4-10-16/h5-8,11H,3-4,9-10,17H2,1-2H3. The first-order valence-corrected chi connectivity index (χ1v) is 8.35. The van der Waals surface area contributed by atoms with E-state index in [1.54, 1.807) is 0 Å². The van der Waals surface area contributed by atoms with Crippen molar-refractivity contribution in [1.29, 1.82) is 0 Å². The Morgan fingerprint density at radius 3 is 2.48 bits per heavy atom. The zero-order valence-electron chi connectivity index (χ0n) is 12.5. The van der Waals surface area contributed by atoms with Crippen molar-refractivity contribution in [3.05, 3.63) is 30.1 Å². The van der Waals surface area contributed by atoms with Gasteiger partial charge in [-0.2, -0.15) is 4.98 Å². The van der Waals surface area contributed by atoms with Crippen molar-refractivity contribution in [2.45, 2.75) is 55.2 Å². The first kappa shape index (κ1) is 14.6. The fraction of sp³-hybridized carbons (Fsp3) is 0.500. The molecule has 0 unspecified atom stereocenters. The Hall–Kier alpha value is -1.33. The van der Waals surface area contributed by atoms with Gasteiger partial charge in [-0.3, -0.25) is 0 Å². The van der Waals surface area contributed by atoms with Crippen LogP contribution in [0.1, 0.15) is 45.4 Å². The zero-order chi connectivity index (χ0) is 14.9. The van der Waals surface area contributed by atoms with Gasteiger partial charge < -0.3 is 10.3 Å². The van der Waals surface area contributed by atoms with Crippen LogP contribution in [0.25, 0.3) is 11.5 Å². The lowest BCUT2D eigenvalue weighted by molar-refractivity contribution is 0.372. The number of benzene rings is 1. The average Bonchev–Trinajstić information content (AvgIpc) is 3.09. The van der Waals surface area contributed by atoms with E-state index in [9.17, 15) is 0 Å². The maximum atomic E-state index is 6.36. The van der Waals surface area contributed by atoms with Gasteiger partial charge in [0.2, 0.25) is 0 Å². The Balaban J connectivity index is 1.80. The van der Waals surface area contributed by atoms with Crippen LogP contribution >= 0.6 is 11.8 Å². The van der Waals surface area contributed by atoms with Crippen LogP contribution in [0.15, 0.2) is 33.7 Å². The van der Waals surface area contributed by atoms with Gasteiger partial charge in [-0.25, -0.2) is 0 Å². The molecule has 0 aliphatic heterocycles. The van der Waals surface area contributed by atoms with Crippen molar-refractivity contribution in [3.63, 3.8) is 0 Å². The zero-order valence-corrected chi connectivity index (χ0v) is 13.3. The summed E-state index contributed by atoms with van der Waals surface area (Å²) in [5.74, 6) is 1.21. The lowest BCUT2D eigenvalue weighted by Crippen LogP contribution is -2.34. The topological polar surface area (TPSA) is 64.9 Å². The number of thioether (sulfide) groups is 1. The second kappa shape index (κ2) is 5.81. The van der Waals surface area contributed by atoms with E-state index >= 15 is 0 Å². The van der Waals surface area contributed by atoms with Crippen molar-refractivity contribution in [2.24, 2.45) is 5.73 Å². The van der Waals surface area contributed by atoms with Crippen LogP contribution in [0.5, 0.6) is 0 Å². The molecule has 2 N–H and O–H groups in total. The highest BCUT2D eigenvalue weighted by Gasteiger charge is 2.36. The van der Waals surface area contributed by atoms with Gasteiger partial charge in [-0.05, 0) is 37.1 Å². The maximum Gasteiger partial charge on any atom is 0.257 e. The molecule has 3 rings (SSSR count). The van der Waals surface area contributed by atoms with Gasteiger partial charge in [0.15, 0.2) is 5.82 Å². The predicted octanol–water partition coefficient (Wildman–Crippen LogP) is 3.97. The molecular weight excluding hydrogens is 282 g/mol. The molecule has 1 aliphatic rings. The van der Waals surface area contributed by atoms with E-state index in [2.05, 4.69) is 36.1 Å². The third kappa shape index (κ3) is 3.14. The lowest BCUT2D eigenvalue weighted by atomic mass is 9.99. The van der Waals surface area contributed by atoms with E-state index in [1.807, 2.05) is 23.9 Å². The van der Waals surface area contributed by atoms with Gasteiger partial charge >= 0.3 is 0 Å². The van der Waals surface area contributed by atoms with Crippen molar-refractivity contribution < 1.29 is 4.52 Å². The molecule has 1 aliphatic carbocycles. The molecule has 0 saturated heterocycles. The fourth-order valence-corrected chi connectivity index (χ4v) is 3.56. The third-order valence-corrected chi connectivity index (χ3v) is 4.86. The minimum absolute atomic E-state index is 0.394. The molecule has 1 fully saturated rings. The minimum Gasteiger partial charge on any atom is -0.334 e. The Kier molecular flexibility index (Phi) is 4.04. The molecule has 0 bridgehead atoms. The lowest BCUT2D eigenvalue weighted by Gasteiger charge is -2.17. The summed E-state index contributed by atoms with van der Waals surface area (Å²) in [6.45, 7) is 4.37. The quantitative estimate of drug-likeness (QED) is 0.866. The van der Waals surface area contributed by atoms with Crippen LogP contribution in [0.3, 0.4) is 0 Å². The van der Waals surface area contributed by atoms with E-state index in [1.165, 1.54) is 4.90 Å². The Labute approximate surface area is 129 Å². The van der Waals surface area contributed by atoms with E-state index < -0.39 is 5.54 Å². The van der Waals surface area contributed by atoms with E-state index in [0.29, 0.717) is 17.0 Å². The Bertz CT molecular complexity index is 600. The summed E-state index contributed by atoms with van der Waals surface area (Å²) < 4.78 is 5.40. The molecule has 112 valence electrons. The Morgan fingerprint density at radius 2 is 1.86 bits per heavy atom. The van der Waals surface area contributed by atoms with E-state index in [4.69, 9.17) is 10.3 Å². The smallest absolute Gasteiger partial charge is 0.257 e. The molecule has 0 radical (unpaired) electrons. The summed E-state index contributed by atoms with van der Waals surface area (Å²) in [6.07, 6.45) is 4.16.